The third-order valence-electron chi connectivity index (χ3n) is 1.98. The number of hydrogen-bond acceptors (Lipinski definition) is 4. The third-order valence-corrected chi connectivity index (χ3v) is 3.63. The van der Waals surface area contributed by atoms with Gasteiger partial charge in [0.25, 0.3) is 0 Å². The Morgan fingerprint density at radius 3 is 2.57 bits per heavy atom. The molecule has 0 spiro atoms. The molecule has 0 aliphatic carbocycles. The molecule has 0 saturated carbocycles. The molecule has 2 aromatic rings. The molecule has 2 rings (SSSR count). The van der Waals surface area contributed by atoms with Gasteiger partial charge in [0.15, 0.2) is 5.06 Å². The third kappa shape index (κ3) is 1.55. The van der Waals surface area contributed by atoms with Gasteiger partial charge in [-0.3, -0.25) is 0 Å². The molecule has 0 fully saturated rings. The van der Waals surface area contributed by atoms with Gasteiger partial charge in [0.05, 0.1) is 18.9 Å². The molecule has 2 nitrogen and oxygen atoms in total. The number of fused-ring (bicyclic) bond motifs is 1. The summed E-state index contributed by atoms with van der Waals surface area (Å²) in [7, 11) is 3.32. The highest BCUT2D eigenvalue weighted by molar-refractivity contribution is 7.80. The normalized spacial score (nSPS) is 10.5. The van der Waals surface area contributed by atoms with Gasteiger partial charge in [0, 0.05) is 10.3 Å². The lowest BCUT2D eigenvalue weighted by Crippen LogP contribution is -1.81. The van der Waals surface area contributed by atoms with Gasteiger partial charge in [0.1, 0.15) is 5.75 Å². The van der Waals surface area contributed by atoms with Crippen molar-refractivity contribution in [3.05, 3.63) is 18.2 Å². The van der Waals surface area contributed by atoms with Crippen LogP contribution in [0.5, 0.6) is 10.8 Å². The zero-order valence-electron chi connectivity index (χ0n) is 7.90. The second-order valence-corrected chi connectivity index (χ2v) is 4.33. The highest BCUT2D eigenvalue weighted by Crippen LogP contribution is 2.37. The molecule has 0 N–H and O–H groups in total. The molecular weight excluding hydrogens is 216 g/mol. The minimum Gasteiger partial charge on any atom is -0.497 e. The van der Waals surface area contributed by atoms with E-state index in [9.17, 15) is 0 Å². The number of thiol groups is 1. The molecule has 0 radical (unpaired) electrons. The minimum absolute atomic E-state index is 0.822. The fraction of sp³-hybridized carbons (Fsp3) is 0.200. The fourth-order valence-electron chi connectivity index (χ4n) is 1.30. The first-order valence-corrected chi connectivity index (χ1v) is 5.35. The highest BCUT2D eigenvalue weighted by Gasteiger charge is 2.06. The summed E-state index contributed by atoms with van der Waals surface area (Å²) in [6, 6.07) is 5.87. The van der Waals surface area contributed by atoms with Crippen LogP contribution in [-0.2, 0) is 0 Å². The van der Waals surface area contributed by atoms with E-state index in [0.29, 0.717) is 0 Å². The summed E-state index contributed by atoms with van der Waals surface area (Å²) in [5.41, 5.74) is 0. The SMILES string of the molecule is COc1cc(S)c2sc(OC)cc2c1. The van der Waals surface area contributed by atoms with E-state index in [1.807, 2.05) is 18.2 Å². The maximum atomic E-state index is 5.17. The van der Waals surface area contributed by atoms with E-state index in [2.05, 4.69) is 12.6 Å². The van der Waals surface area contributed by atoms with E-state index < -0.39 is 0 Å². The monoisotopic (exact) mass is 226 g/mol. The lowest BCUT2D eigenvalue weighted by atomic mass is 10.2. The van der Waals surface area contributed by atoms with Crippen molar-refractivity contribution < 1.29 is 9.47 Å². The predicted molar refractivity (Wildman–Crippen MR) is 62.2 cm³/mol. The van der Waals surface area contributed by atoms with E-state index in [4.69, 9.17) is 9.47 Å². The van der Waals surface area contributed by atoms with Crippen molar-refractivity contribution in [1.29, 1.82) is 0 Å². The predicted octanol–water partition coefficient (Wildman–Crippen LogP) is 3.21. The number of methoxy groups -OCH3 is 2. The molecule has 14 heavy (non-hydrogen) atoms. The first kappa shape index (κ1) is 9.68. The van der Waals surface area contributed by atoms with Crippen molar-refractivity contribution >= 4 is 34.1 Å². The molecule has 0 unspecified atom stereocenters. The van der Waals surface area contributed by atoms with Gasteiger partial charge in [-0.25, -0.2) is 0 Å². The summed E-state index contributed by atoms with van der Waals surface area (Å²) >= 11 is 5.99. The second kappa shape index (κ2) is 3.71. The maximum absolute atomic E-state index is 5.17. The summed E-state index contributed by atoms with van der Waals surface area (Å²) in [4.78, 5) is 0.924. The molecule has 0 atom stereocenters. The number of hydrogen-bond donors (Lipinski definition) is 1. The zero-order valence-corrected chi connectivity index (χ0v) is 9.61. The van der Waals surface area contributed by atoms with Crippen LogP contribution >= 0.6 is 24.0 Å². The van der Waals surface area contributed by atoms with E-state index in [0.717, 1.165) is 25.8 Å². The van der Waals surface area contributed by atoms with E-state index in [-0.39, 0.29) is 0 Å². The smallest absolute Gasteiger partial charge is 0.174 e. The summed E-state index contributed by atoms with van der Waals surface area (Å²) < 4.78 is 11.5. The van der Waals surface area contributed by atoms with Crippen LogP contribution in [0.25, 0.3) is 10.1 Å². The Morgan fingerprint density at radius 1 is 1.14 bits per heavy atom. The lowest BCUT2D eigenvalue weighted by molar-refractivity contribution is 0.414. The van der Waals surface area contributed by atoms with Crippen molar-refractivity contribution in [3.8, 4) is 10.8 Å². The van der Waals surface area contributed by atoms with Gasteiger partial charge < -0.3 is 9.47 Å². The molecule has 1 aromatic carbocycles. The molecule has 74 valence electrons. The van der Waals surface area contributed by atoms with Crippen molar-refractivity contribution in [2.24, 2.45) is 0 Å². The molecule has 0 aliphatic rings. The highest BCUT2D eigenvalue weighted by atomic mass is 32.1. The Kier molecular flexibility index (Phi) is 2.56. The van der Waals surface area contributed by atoms with E-state index >= 15 is 0 Å². The van der Waals surface area contributed by atoms with Crippen LogP contribution in [-0.4, -0.2) is 14.2 Å². The Bertz CT molecular complexity index is 462. The van der Waals surface area contributed by atoms with Gasteiger partial charge in [-0.1, -0.05) is 11.3 Å². The molecular formula is C10H10O2S2. The van der Waals surface area contributed by atoms with Crippen molar-refractivity contribution in [3.63, 3.8) is 0 Å². The Hall–Kier alpha value is -0.870. The van der Waals surface area contributed by atoms with Gasteiger partial charge in [-0.2, -0.15) is 0 Å². The molecule has 1 heterocycles. The second-order valence-electron chi connectivity index (χ2n) is 2.83. The number of ether oxygens (including phenoxy) is 2. The number of rotatable bonds is 2. The van der Waals surface area contributed by atoms with Gasteiger partial charge in [-0.15, -0.1) is 12.6 Å². The van der Waals surface area contributed by atoms with Gasteiger partial charge >= 0.3 is 0 Å². The van der Waals surface area contributed by atoms with Crippen LogP contribution in [0.3, 0.4) is 0 Å². The molecule has 1 aromatic heterocycles. The fourth-order valence-corrected chi connectivity index (χ4v) is 2.57. The molecule has 0 aliphatic heterocycles. The first-order valence-electron chi connectivity index (χ1n) is 4.09. The van der Waals surface area contributed by atoms with Gasteiger partial charge in [0.2, 0.25) is 0 Å². The summed E-state index contributed by atoms with van der Waals surface area (Å²) in [6.45, 7) is 0. The molecule has 0 bridgehead atoms. The summed E-state index contributed by atoms with van der Waals surface area (Å²) in [6.07, 6.45) is 0. The van der Waals surface area contributed by atoms with Crippen LogP contribution in [0.15, 0.2) is 23.1 Å². The Morgan fingerprint density at radius 2 is 1.93 bits per heavy atom. The maximum Gasteiger partial charge on any atom is 0.174 e. The lowest BCUT2D eigenvalue weighted by Gasteiger charge is -2.00. The Balaban J connectivity index is 2.67. The average molecular weight is 226 g/mol. The topological polar surface area (TPSA) is 18.5 Å². The number of thiophene rings is 1. The van der Waals surface area contributed by atoms with Crippen LogP contribution in [0.1, 0.15) is 0 Å². The minimum atomic E-state index is 0.822. The molecule has 0 amide bonds. The van der Waals surface area contributed by atoms with Crippen LogP contribution in [0.2, 0.25) is 0 Å². The number of benzene rings is 1. The average Bonchev–Trinajstić information content (AvgIpc) is 2.61. The van der Waals surface area contributed by atoms with Crippen LogP contribution in [0.4, 0.5) is 0 Å². The van der Waals surface area contributed by atoms with Crippen molar-refractivity contribution in [2.45, 2.75) is 4.90 Å². The molecule has 4 heteroatoms. The largest absolute Gasteiger partial charge is 0.497 e. The first-order chi connectivity index (χ1) is 6.74. The quantitative estimate of drug-likeness (QED) is 0.793. The molecule has 0 saturated heterocycles. The Labute approximate surface area is 91.9 Å². The van der Waals surface area contributed by atoms with Crippen molar-refractivity contribution in [2.75, 3.05) is 14.2 Å². The van der Waals surface area contributed by atoms with Crippen LogP contribution < -0.4 is 9.47 Å². The zero-order chi connectivity index (χ0) is 10.1. The van der Waals surface area contributed by atoms with E-state index in [1.165, 1.54) is 0 Å². The van der Waals surface area contributed by atoms with Crippen LogP contribution in [0, 0.1) is 0 Å². The van der Waals surface area contributed by atoms with Gasteiger partial charge in [-0.05, 0) is 18.2 Å². The van der Waals surface area contributed by atoms with Crippen molar-refractivity contribution in [1.82, 2.24) is 0 Å². The van der Waals surface area contributed by atoms with E-state index in [1.54, 1.807) is 25.6 Å². The standard InChI is InChI=1S/C10H10O2S2/c1-11-7-3-6-4-9(12-2)14-10(6)8(13)5-7/h3-5,13H,1-2H3. The summed E-state index contributed by atoms with van der Waals surface area (Å²) in [5.74, 6) is 0.822. The summed E-state index contributed by atoms with van der Waals surface area (Å²) in [5, 5.41) is 2.00.